The van der Waals surface area contributed by atoms with Crippen molar-refractivity contribution in [3.63, 3.8) is 0 Å². The summed E-state index contributed by atoms with van der Waals surface area (Å²) in [5.74, 6) is -2.87. The van der Waals surface area contributed by atoms with Gasteiger partial charge in [0.25, 0.3) is 5.91 Å². The molecule has 8 nitrogen and oxygen atoms in total. The van der Waals surface area contributed by atoms with Gasteiger partial charge in [-0.15, -0.1) is 13.2 Å². The average molecular weight is 447 g/mol. The van der Waals surface area contributed by atoms with Crippen molar-refractivity contribution in [1.82, 2.24) is 15.1 Å². The van der Waals surface area contributed by atoms with Gasteiger partial charge in [0.15, 0.2) is 0 Å². The molecule has 162 valence electrons. The smallest absolute Gasteiger partial charge is 0.406 e. The van der Waals surface area contributed by atoms with Gasteiger partial charge in [-0.3, -0.25) is 9.48 Å². The number of carbonyl (C=O) groups is 1. The van der Waals surface area contributed by atoms with Crippen LogP contribution >= 0.6 is 11.6 Å². The van der Waals surface area contributed by atoms with Crippen LogP contribution in [0.2, 0.25) is 5.02 Å². The molecule has 0 saturated heterocycles. The van der Waals surface area contributed by atoms with E-state index in [1.807, 2.05) is 6.92 Å². The fourth-order valence-corrected chi connectivity index (χ4v) is 3.03. The molecule has 2 heterocycles. The number of hydrogen-bond donors (Lipinski definition) is 1. The van der Waals surface area contributed by atoms with Crippen molar-refractivity contribution in [1.29, 1.82) is 0 Å². The number of nitrogens with zero attached hydrogens (tertiary/aromatic N) is 3. The summed E-state index contributed by atoms with van der Waals surface area (Å²) in [6, 6.07) is 3.50. The molecule has 1 unspecified atom stereocenters. The Bertz CT molecular complexity index is 963. The Morgan fingerprint density at radius 1 is 1.40 bits per heavy atom. The monoisotopic (exact) mass is 446 g/mol. The molecule has 3 rings (SSSR count). The minimum Gasteiger partial charge on any atom is -0.406 e. The molecule has 30 heavy (non-hydrogen) atoms. The predicted octanol–water partition coefficient (Wildman–Crippen LogP) is 3.24. The van der Waals surface area contributed by atoms with Gasteiger partial charge in [-0.05, 0) is 25.1 Å². The first-order valence-electron chi connectivity index (χ1n) is 8.80. The first-order valence-corrected chi connectivity index (χ1v) is 9.18. The van der Waals surface area contributed by atoms with Crippen LogP contribution < -0.4 is 10.1 Å². The van der Waals surface area contributed by atoms with Crippen molar-refractivity contribution in [2.75, 3.05) is 7.11 Å². The number of rotatable bonds is 7. The maximum atomic E-state index is 12.7. The van der Waals surface area contributed by atoms with Gasteiger partial charge in [0, 0.05) is 42.5 Å². The summed E-state index contributed by atoms with van der Waals surface area (Å²) in [6.45, 7) is 2.81. The summed E-state index contributed by atoms with van der Waals surface area (Å²) >= 11 is 5.89. The van der Waals surface area contributed by atoms with Gasteiger partial charge in [0.05, 0.1) is 18.3 Å². The van der Waals surface area contributed by atoms with E-state index < -0.39 is 23.8 Å². The number of halogens is 4. The second kappa shape index (κ2) is 8.52. The van der Waals surface area contributed by atoms with E-state index in [9.17, 15) is 18.0 Å². The maximum Gasteiger partial charge on any atom is 0.573 e. The number of alkyl halides is 3. The van der Waals surface area contributed by atoms with Crippen molar-refractivity contribution >= 4 is 23.2 Å². The third kappa shape index (κ3) is 5.03. The molecule has 1 aliphatic heterocycles. The van der Waals surface area contributed by atoms with Crippen LogP contribution in [-0.4, -0.2) is 40.7 Å². The molecule has 0 aliphatic carbocycles. The Kier molecular flexibility index (Phi) is 6.22. The molecule has 0 bridgehead atoms. The number of nitrogens with one attached hydrogen (secondary N) is 1. The number of hydrogen-bond acceptors (Lipinski definition) is 6. The van der Waals surface area contributed by atoms with Crippen molar-refractivity contribution in [3.8, 4) is 5.75 Å². The SMILES string of the molecule is CCn1cc(CNC(=O)C2(OC)CC(c3cc(Cl)cc(OC(F)(F)F)c3)=NO2)cn1. The molecule has 0 fully saturated rings. The zero-order valence-electron chi connectivity index (χ0n) is 16.0. The van der Waals surface area contributed by atoms with E-state index in [1.165, 1.54) is 13.2 Å². The highest BCUT2D eigenvalue weighted by Crippen LogP contribution is 2.32. The van der Waals surface area contributed by atoms with Crippen molar-refractivity contribution < 1.29 is 32.3 Å². The number of amides is 1. The molecule has 1 aromatic heterocycles. The van der Waals surface area contributed by atoms with Crippen LogP contribution in [0.1, 0.15) is 24.5 Å². The van der Waals surface area contributed by atoms with Crippen LogP contribution in [-0.2, 0) is 27.5 Å². The molecule has 1 N–H and O–H groups in total. The van der Waals surface area contributed by atoms with Gasteiger partial charge in [-0.25, -0.2) is 0 Å². The average Bonchev–Trinajstić information content (AvgIpc) is 3.32. The summed E-state index contributed by atoms with van der Waals surface area (Å²) < 4.78 is 48.4. The van der Waals surface area contributed by atoms with E-state index in [-0.39, 0.29) is 29.3 Å². The van der Waals surface area contributed by atoms with E-state index in [0.717, 1.165) is 17.7 Å². The quantitative estimate of drug-likeness (QED) is 0.705. The molecular weight excluding hydrogens is 429 g/mol. The highest BCUT2D eigenvalue weighted by molar-refractivity contribution is 6.31. The first-order chi connectivity index (χ1) is 14.1. The molecule has 1 atom stereocenters. The van der Waals surface area contributed by atoms with Crippen molar-refractivity contribution in [3.05, 3.63) is 46.7 Å². The molecule has 1 aliphatic rings. The van der Waals surface area contributed by atoms with Crippen molar-refractivity contribution in [2.45, 2.75) is 38.6 Å². The number of aromatic nitrogens is 2. The Morgan fingerprint density at radius 2 is 2.17 bits per heavy atom. The normalized spacial score (nSPS) is 18.7. The minimum absolute atomic E-state index is 0.00162. The second-order valence-electron chi connectivity index (χ2n) is 6.37. The summed E-state index contributed by atoms with van der Waals surface area (Å²) in [5.41, 5.74) is 1.16. The summed E-state index contributed by atoms with van der Waals surface area (Å²) in [4.78, 5) is 17.9. The minimum atomic E-state index is -4.88. The lowest BCUT2D eigenvalue weighted by molar-refractivity contribution is -0.274. The molecule has 0 spiro atoms. The standard InChI is InChI=1S/C18H18ClF3N4O4/c1-3-26-10-11(9-24-26)8-23-16(27)17(28-2)7-15(25-30-17)12-4-13(19)6-14(5-12)29-18(20,21)22/h4-6,9-10H,3,7-8H2,1-2H3,(H,23,27). The van der Waals surface area contributed by atoms with E-state index in [0.29, 0.717) is 6.54 Å². The van der Waals surface area contributed by atoms with Crippen LogP contribution in [0.4, 0.5) is 13.2 Å². The maximum absolute atomic E-state index is 12.7. The fraction of sp³-hybridized carbons (Fsp3) is 0.389. The lowest BCUT2D eigenvalue weighted by Gasteiger charge is -2.23. The van der Waals surface area contributed by atoms with Crippen LogP contribution in [0.25, 0.3) is 0 Å². The third-order valence-electron chi connectivity index (χ3n) is 4.28. The number of benzene rings is 1. The Morgan fingerprint density at radius 3 is 2.80 bits per heavy atom. The second-order valence-corrected chi connectivity index (χ2v) is 6.81. The molecule has 0 radical (unpaired) electrons. The van der Waals surface area contributed by atoms with Crippen molar-refractivity contribution in [2.24, 2.45) is 5.16 Å². The molecule has 2 aromatic rings. The molecule has 12 heteroatoms. The van der Waals surface area contributed by atoms with E-state index in [2.05, 4.69) is 20.3 Å². The van der Waals surface area contributed by atoms with Crippen LogP contribution in [0.5, 0.6) is 5.75 Å². The Balaban J connectivity index is 1.71. The van der Waals surface area contributed by atoms with Gasteiger partial charge in [-0.2, -0.15) is 5.10 Å². The number of carbonyl (C=O) groups excluding carboxylic acids is 1. The largest absolute Gasteiger partial charge is 0.573 e. The molecule has 1 amide bonds. The van der Waals surface area contributed by atoms with E-state index in [4.69, 9.17) is 21.2 Å². The number of aryl methyl sites for hydroxylation is 1. The number of ether oxygens (including phenoxy) is 2. The topological polar surface area (TPSA) is 87.0 Å². The van der Waals surface area contributed by atoms with E-state index in [1.54, 1.807) is 17.1 Å². The van der Waals surface area contributed by atoms with E-state index >= 15 is 0 Å². The van der Waals surface area contributed by atoms with Crippen LogP contribution in [0.3, 0.4) is 0 Å². The predicted molar refractivity (Wildman–Crippen MR) is 99.9 cm³/mol. The molecular formula is C18H18ClF3N4O4. The Labute approximate surface area is 174 Å². The lowest BCUT2D eigenvalue weighted by atomic mass is 10.0. The lowest BCUT2D eigenvalue weighted by Crippen LogP contribution is -2.48. The van der Waals surface area contributed by atoms with Gasteiger partial charge in [0.2, 0.25) is 0 Å². The number of methoxy groups -OCH3 is 1. The first kappa shape index (κ1) is 21.9. The van der Waals surface area contributed by atoms with Crippen LogP contribution in [0.15, 0.2) is 35.7 Å². The van der Waals surface area contributed by atoms with Gasteiger partial charge >= 0.3 is 12.1 Å². The highest BCUT2D eigenvalue weighted by Gasteiger charge is 2.47. The van der Waals surface area contributed by atoms with Gasteiger partial charge < -0.3 is 19.6 Å². The zero-order chi connectivity index (χ0) is 21.9. The fourth-order valence-electron chi connectivity index (χ4n) is 2.80. The van der Waals surface area contributed by atoms with Gasteiger partial charge in [0.1, 0.15) is 5.75 Å². The Hall–Kier alpha value is -2.79. The summed E-state index contributed by atoms with van der Waals surface area (Å²) in [6.07, 6.45) is -1.62. The summed E-state index contributed by atoms with van der Waals surface area (Å²) in [7, 11) is 1.27. The zero-order valence-corrected chi connectivity index (χ0v) is 16.8. The molecule has 1 aromatic carbocycles. The van der Waals surface area contributed by atoms with Gasteiger partial charge in [-0.1, -0.05) is 16.8 Å². The number of oxime groups is 1. The van der Waals surface area contributed by atoms with Crippen LogP contribution in [0, 0.1) is 0 Å². The molecule has 0 saturated carbocycles. The highest BCUT2D eigenvalue weighted by atomic mass is 35.5. The third-order valence-corrected chi connectivity index (χ3v) is 4.50. The summed E-state index contributed by atoms with van der Waals surface area (Å²) in [5, 5.41) is 10.6.